The number of ether oxygens (including phenoxy) is 2. The van der Waals surface area contributed by atoms with E-state index in [0.717, 1.165) is 11.1 Å². The number of halogens is 2. The molecule has 1 N–H and O–H groups in total. The Bertz CT molecular complexity index is 1370. The van der Waals surface area contributed by atoms with Crippen LogP contribution >= 0.6 is 27.5 Å². The second-order valence-electron chi connectivity index (χ2n) is 11.0. The zero-order valence-electron chi connectivity index (χ0n) is 23.3. The van der Waals surface area contributed by atoms with Crippen molar-refractivity contribution in [3.05, 3.63) is 90.0 Å². The van der Waals surface area contributed by atoms with Gasteiger partial charge in [-0.1, -0.05) is 88.7 Å². The first-order valence-electron chi connectivity index (χ1n) is 13.9. The maximum absolute atomic E-state index is 14.9. The maximum Gasteiger partial charge on any atom is 0.312 e. The Hall–Kier alpha value is -2.98. The van der Waals surface area contributed by atoms with Gasteiger partial charge in [0.25, 0.3) is 5.91 Å². The van der Waals surface area contributed by atoms with Gasteiger partial charge in [-0.15, -0.1) is 6.58 Å². The van der Waals surface area contributed by atoms with E-state index >= 15 is 0 Å². The number of aliphatic hydroxyl groups is 1. The number of alkyl halides is 1. The third-order valence-corrected chi connectivity index (χ3v) is 9.68. The predicted molar refractivity (Wildman–Crippen MR) is 163 cm³/mol. The van der Waals surface area contributed by atoms with Crippen LogP contribution in [0.25, 0.3) is 0 Å². The van der Waals surface area contributed by atoms with Crippen LogP contribution in [0.4, 0.5) is 5.69 Å². The van der Waals surface area contributed by atoms with Crippen LogP contribution in [0.5, 0.6) is 0 Å². The minimum Gasteiger partial charge on any atom is -0.461 e. The van der Waals surface area contributed by atoms with Crippen molar-refractivity contribution < 1.29 is 29.0 Å². The first kappa shape index (κ1) is 30.5. The van der Waals surface area contributed by atoms with Crippen molar-refractivity contribution in [2.24, 2.45) is 11.8 Å². The predicted octanol–water partition coefficient (Wildman–Crippen LogP) is 4.25. The molecule has 2 amide bonds. The highest BCUT2D eigenvalue weighted by molar-refractivity contribution is 9.09. The summed E-state index contributed by atoms with van der Waals surface area (Å²) >= 11 is 10.3. The summed E-state index contributed by atoms with van der Waals surface area (Å²) in [6, 6.07) is 12.9. The number of esters is 1. The average molecular weight is 658 g/mol. The Morgan fingerprint density at radius 2 is 1.98 bits per heavy atom. The van der Waals surface area contributed by atoms with Crippen LogP contribution < -0.4 is 4.90 Å². The standard InChI is InChI=1S/C32H34BrClN2O6/c1-4-14-35(26-19(3)10-9-13-23(26)34)30(39)28-32-17-22(33)27(42-32)24(31(40)41-15-5-2)25(32)29(38)36(28)21(18-37)16-20-11-7-6-8-12-20/h4-13,21-22,24-25,27-28,37H,1-2,14-18H2,3H3/t21-,22?,24+,25+,27+,28?,32?/m1/s1. The summed E-state index contributed by atoms with van der Waals surface area (Å²) in [5.74, 6) is -3.31. The van der Waals surface area contributed by atoms with Crippen LogP contribution in [0, 0.1) is 18.8 Å². The number of rotatable bonds is 11. The Labute approximate surface area is 259 Å². The van der Waals surface area contributed by atoms with Gasteiger partial charge in [-0.05, 0) is 37.0 Å². The lowest BCUT2D eigenvalue weighted by Crippen LogP contribution is -2.59. The van der Waals surface area contributed by atoms with Gasteiger partial charge < -0.3 is 24.4 Å². The third kappa shape index (κ3) is 5.00. The van der Waals surface area contributed by atoms with Gasteiger partial charge in [0.2, 0.25) is 5.91 Å². The summed E-state index contributed by atoms with van der Waals surface area (Å²) in [6.45, 7) is 9.04. The number of nitrogens with zero attached hydrogens (tertiary/aromatic N) is 2. The lowest BCUT2D eigenvalue weighted by Gasteiger charge is -2.40. The van der Waals surface area contributed by atoms with Crippen LogP contribution in [0.3, 0.4) is 0 Å². The molecule has 2 bridgehead atoms. The van der Waals surface area contributed by atoms with Gasteiger partial charge in [0, 0.05) is 11.4 Å². The number of aliphatic hydroxyl groups excluding tert-OH is 1. The number of para-hydroxylation sites is 1. The third-order valence-electron chi connectivity index (χ3n) is 8.53. The SMILES string of the molecule is C=CCOC(=O)[C@H]1[C@H]2C(=O)N([C@@H](CO)Cc3ccccc3)C(C(=O)N(CC=C)c3c(C)cccc3Cl)C23CC(Br)[C@@H]1O3. The molecule has 7 atom stereocenters. The number of carbonyl (C=O) groups is 3. The smallest absolute Gasteiger partial charge is 0.312 e. The molecule has 10 heteroatoms. The summed E-state index contributed by atoms with van der Waals surface area (Å²) in [5, 5.41) is 11.1. The normalized spacial score (nSPS) is 28.3. The zero-order chi connectivity index (χ0) is 30.2. The number of amides is 2. The van der Waals surface area contributed by atoms with Gasteiger partial charge in [0.15, 0.2) is 0 Å². The molecule has 3 fully saturated rings. The van der Waals surface area contributed by atoms with E-state index in [1.54, 1.807) is 18.2 Å². The first-order chi connectivity index (χ1) is 20.2. The molecule has 3 aliphatic heterocycles. The molecule has 5 rings (SSSR count). The summed E-state index contributed by atoms with van der Waals surface area (Å²) in [5.41, 5.74) is 0.834. The van der Waals surface area contributed by atoms with E-state index in [9.17, 15) is 19.5 Å². The molecule has 2 aromatic rings. The minimum atomic E-state index is -1.33. The van der Waals surface area contributed by atoms with Crippen molar-refractivity contribution in [2.45, 2.75) is 48.4 Å². The van der Waals surface area contributed by atoms with E-state index in [4.69, 9.17) is 21.1 Å². The summed E-state index contributed by atoms with van der Waals surface area (Å²) in [4.78, 5) is 45.4. The molecular weight excluding hydrogens is 624 g/mol. The van der Waals surface area contributed by atoms with Crippen molar-refractivity contribution >= 4 is 51.0 Å². The molecule has 0 radical (unpaired) electrons. The van der Waals surface area contributed by atoms with Crippen molar-refractivity contribution in [1.29, 1.82) is 0 Å². The van der Waals surface area contributed by atoms with E-state index in [0.29, 0.717) is 23.6 Å². The Morgan fingerprint density at radius 3 is 2.62 bits per heavy atom. The highest BCUT2D eigenvalue weighted by atomic mass is 79.9. The van der Waals surface area contributed by atoms with Crippen LogP contribution in [0.1, 0.15) is 17.5 Å². The minimum absolute atomic E-state index is 0.0127. The molecule has 3 saturated heterocycles. The van der Waals surface area contributed by atoms with Crippen LogP contribution in [0.2, 0.25) is 5.02 Å². The zero-order valence-corrected chi connectivity index (χ0v) is 25.7. The second-order valence-corrected chi connectivity index (χ2v) is 12.6. The number of carbonyl (C=O) groups excluding carboxylic acids is 3. The fraction of sp³-hybridized carbons (Fsp3) is 0.406. The number of benzene rings is 2. The quantitative estimate of drug-likeness (QED) is 0.221. The molecule has 2 aromatic carbocycles. The molecule has 0 aliphatic carbocycles. The van der Waals surface area contributed by atoms with E-state index < -0.39 is 60.0 Å². The molecule has 0 aromatic heterocycles. The van der Waals surface area contributed by atoms with Gasteiger partial charge in [-0.3, -0.25) is 14.4 Å². The maximum atomic E-state index is 14.9. The highest BCUT2D eigenvalue weighted by Crippen LogP contribution is 2.61. The number of hydrogen-bond acceptors (Lipinski definition) is 6. The summed E-state index contributed by atoms with van der Waals surface area (Å²) in [6.07, 6.45) is 3.02. The van der Waals surface area contributed by atoms with Gasteiger partial charge in [0.05, 0.1) is 41.3 Å². The summed E-state index contributed by atoms with van der Waals surface area (Å²) in [7, 11) is 0. The van der Waals surface area contributed by atoms with Gasteiger partial charge in [-0.25, -0.2) is 0 Å². The van der Waals surface area contributed by atoms with Crippen LogP contribution in [-0.4, -0.2) is 76.2 Å². The Kier molecular flexibility index (Phi) is 8.94. The van der Waals surface area contributed by atoms with E-state index in [1.807, 2.05) is 43.3 Å². The summed E-state index contributed by atoms with van der Waals surface area (Å²) < 4.78 is 12.0. The van der Waals surface area contributed by atoms with E-state index in [1.165, 1.54) is 15.9 Å². The second kappa shape index (κ2) is 12.3. The van der Waals surface area contributed by atoms with Crippen molar-refractivity contribution in [3.63, 3.8) is 0 Å². The first-order valence-corrected chi connectivity index (χ1v) is 15.2. The molecule has 0 saturated carbocycles. The monoisotopic (exact) mass is 656 g/mol. The molecule has 42 heavy (non-hydrogen) atoms. The van der Waals surface area contributed by atoms with Crippen molar-refractivity contribution in [2.75, 3.05) is 24.7 Å². The molecular formula is C32H34BrClN2O6. The Morgan fingerprint density at radius 1 is 1.24 bits per heavy atom. The fourth-order valence-electron chi connectivity index (χ4n) is 6.92. The van der Waals surface area contributed by atoms with Crippen molar-refractivity contribution in [1.82, 2.24) is 4.90 Å². The van der Waals surface area contributed by atoms with Crippen molar-refractivity contribution in [3.8, 4) is 0 Å². The van der Waals surface area contributed by atoms with Crippen LogP contribution in [0.15, 0.2) is 73.8 Å². The number of anilines is 1. The Balaban J connectivity index is 1.65. The molecule has 8 nitrogen and oxygen atoms in total. The lowest BCUT2D eigenvalue weighted by atomic mass is 9.70. The molecule has 3 aliphatic rings. The van der Waals surface area contributed by atoms with Crippen LogP contribution in [-0.2, 0) is 30.3 Å². The number of aryl methyl sites for hydroxylation is 1. The molecule has 3 unspecified atom stereocenters. The lowest BCUT2D eigenvalue weighted by molar-refractivity contribution is -0.154. The number of hydrogen-bond donors (Lipinski definition) is 1. The molecule has 222 valence electrons. The molecule has 1 spiro atoms. The van der Waals surface area contributed by atoms with Gasteiger partial charge in [0.1, 0.15) is 18.2 Å². The fourth-order valence-corrected chi connectivity index (χ4v) is 8.18. The van der Waals surface area contributed by atoms with E-state index in [2.05, 4.69) is 29.1 Å². The van der Waals surface area contributed by atoms with E-state index in [-0.39, 0.29) is 18.0 Å². The van der Waals surface area contributed by atoms with Gasteiger partial charge >= 0.3 is 5.97 Å². The molecule has 3 heterocycles. The number of fused-ring (bicyclic) bond motifs is 1. The topological polar surface area (TPSA) is 96.4 Å². The highest BCUT2D eigenvalue weighted by Gasteiger charge is 2.77. The average Bonchev–Trinajstić information content (AvgIpc) is 3.57. The van der Waals surface area contributed by atoms with Gasteiger partial charge in [-0.2, -0.15) is 0 Å². The number of likely N-dealkylation sites (tertiary alicyclic amines) is 1. The largest absolute Gasteiger partial charge is 0.461 e.